The molecule has 1 atom stereocenters. The van der Waals surface area contributed by atoms with E-state index >= 15 is 0 Å². The second-order valence-corrected chi connectivity index (χ2v) is 15.5. The predicted octanol–water partition coefficient (Wildman–Crippen LogP) is 5.96. The number of Topliss-reactive ketones (excluding diaryl/α,β-unsaturated/α-hetero) is 1. The van der Waals surface area contributed by atoms with Crippen LogP contribution in [0.5, 0.6) is 0 Å². The van der Waals surface area contributed by atoms with Crippen molar-refractivity contribution in [3.63, 3.8) is 0 Å². The molecule has 3 aromatic heterocycles. The minimum atomic E-state index is -0.493. The average Bonchev–Trinajstić information content (AvgIpc) is 4.08. The molecule has 16 heteroatoms. The zero-order valence-corrected chi connectivity index (χ0v) is 32.1. The molecule has 4 aromatic rings. The normalized spacial score (nSPS) is 20.2. The molecule has 0 spiro atoms. The van der Waals surface area contributed by atoms with Gasteiger partial charge in [0.1, 0.15) is 32.4 Å². The van der Waals surface area contributed by atoms with Gasteiger partial charge in [-0.3, -0.25) is 27.9 Å². The third kappa shape index (κ3) is 7.48. The number of nitrogens with zero attached hydrogens (tertiary/aromatic N) is 3. The number of carbonyl (C=O) groups excluding carboxylic acids is 1. The number of benzene rings is 1. The molecular formula is C38H44F2N6O6S2. The number of hydrogen-bond acceptors (Lipinski definition) is 11. The monoisotopic (exact) mass is 782 g/mol. The number of allylic oxidation sites excluding steroid dienone is 5. The molecule has 0 bridgehead atoms. The molecule has 4 N–H and O–H groups in total. The Labute approximate surface area is 317 Å². The first-order chi connectivity index (χ1) is 26.1. The van der Waals surface area contributed by atoms with Gasteiger partial charge in [0.25, 0.3) is 11.1 Å². The summed E-state index contributed by atoms with van der Waals surface area (Å²) < 4.78 is 42.0. The van der Waals surface area contributed by atoms with E-state index in [0.717, 1.165) is 48.7 Å². The molecule has 9 rings (SSSR count). The lowest BCUT2D eigenvalue weighted by Gasteiger charge is -2.30. The van der Waals surface area contributed by atoms with Crippen molar-refractivity contribution in [1.82, 2.24) is 18.2 Å². The van der Waals surface area contributed by atoms with E-state index in [1.54, 1.807) is 19.1 Å². The second-order valence-electron chi connectivity index (χ2n) is 13.9. The molecule has 5 heterocycles. The molecule has 2 aliphatic heterocycles. The summed E-state index contributed by atoms with van der Waals surface area (Å²) >= 11 is 2.31. The standard InChI is InChI=1S/C19H22FN3O3S.C17H16FN3O3S.C2H6/c1-11-10-15(23-6-8-26-9-7-23)14(20)5-4-13(11)17(24)16-18(25)22-27-19(16)21-12-2-3-12;18-11-5-10-12(6-13(11)20-4-3-9(22)7-20)21(8-1-2-8)17-14(15(10)23)16(24)19-25-17;1-2/h5,10,12,21H,2-4,6-9H2,1H3,(H,22,25);5-6,8-9,22H,1-4,7H2,(H,19,24);1-2H3. The highest BCUT2D eigenvalue weighted by molar-refractivity contribution is 7.12. The number of aromatic nitrogens is 3. The summed E-state index contributed by atoms with van der Waals surface area (Å²) in [7, 11) is 0. The van der Waals surface area contributed by atoms with Gasteiger partial charge in [-0.05, 0) is 98.4 Å². The average molecular weight is 783 g/mol. The lowest BCUT2D eigenvalue weighted by molar-refractivity contribution is 0.0535. The Morgan fingerprint density at radius 1 is 0.963 bits per heavy atom. The number of aliphatic hydroxyl groups is 1. The van der Waals surface area contributed by atoms with Crippen molar-refractivity contribution >= 4 is 60.7 Å². The number of nitrogens with one attached hydrogen (secondary N) is 3. The first-order valence-electron chi connectivity index (χ1n) is 18.5. The van der Waals surface area contributed by atoms with Gasteiger partial charge in [0, 0.05) is 49.2 Å². The maximum absolute atomic E-state index is 14.7. The van der Waals surface area contributed by atoms with E-state index in [4.69, 9.17) is 4.74 Å². The van der Waals surface area contributed by atoms with Gasteiger partial charge in [-0.15, -0.1) is 0 Å². The Balaban J connectivity index is 0.000000160. The van der Waals surface area contributed by atoms with Crippen molar-refractivity contribution in [2.24, 2.45) is 0 Å². The summed E-state index contributed by atoms with van der Waals surface area (Å²) in [4.78, 5) is 54.5. The molecule has 288 valence electrons. The van der Waals surface area contributed by atoms with Crippen molar-refractivity contribution in [3.8, 4) is 0 Å². The van der Waals surface area contributed by atoms with E-state index in [9.17, 15) is 33.1 Å². The fraction of sp³-hybridized carbons (Fsp3) is 0.474. The van der Waals surface area contributed by atoms with Crippen LogP contribution in [0, 0.1) is 5.82 Å². The number of anilines is 2. The van der Waals surface area contributed by atoms with E-state index in [1.165, 1.54) is 12.1 Å². The summed E-state index contributed by atoms with van der Waals surface area (Å²) in [6, 6.07) is 3.51. The number of pyridine rings is 1. The Bertz CT molecular complexity index is 2360. The number of rotatable bonds is 7. The fourth-order valence-electron chi connectivity index (χ4n) is 7.05. The van der Waals surface area contributed by atoms with Gasteiger partial charge in [0.15, 0.2) is 5.78 Å². The van der Waals surface area contributed by atoms with Crippen LogP contribution in [-0.2, 0) is 4.74 Å². The first-order valence-corrected chi connectivity index (χ1v) is 20.2. The fourth-order valence-corrected chi connectivity index (χ4v) is 8.78. The van der Waals surface area contributed by atoms with Gasteiger partial charge in [-0.1, -0.05) is 13.8 Å². The van der Waals surface area contributed by atoms with Crippen LogP contribution < -0.4 is 26.8 Å². The Morgan fingerprint density at radius 3 is 2.35 bits per heavy atom. The summed E-state index contributed by atoms with van der Waals surface area (Å²) in [6.45, 7) is 9.10. The lowest BCUT2D eigenvalue weighted by Crippen LogP contribution is -2.35. The molecule has 3 aliphatic carbocycles. The van der Waals surface area contributed by atoms with E-state index in [-0.39, 0.29) is 46.0 Å². The maximum atomic E-state index is 14.7. The highest BCUT2D eigenvalue weighted by atomic mass is 32.1. The van der Waals surface area contributed by atoms with E-state index < -0.39 is 22.9 Å². The van der Waals surface area contributed by atoms with Crippen LogP contribution in [0.15, 0.2) is 61.3 Å². The number of aromatic amines is 2. The molecule has 0 amide bonds. The number of H-pyrrole nitrogens is 2. The highest BCUT2D eigenvalue weighted by Crippen LogP contribution is 2.41. The van der Waals surface area contributed by atoms with Crippen LogP contribution in [0.4, 0.5) is 19.5 Å². The van der Waals surface area contributed by atoms with Crippen molar-refractivity contribution in [3.05, 3.63) is 89.3 Å². The molecule has 54 heavy (non-hydrogen) atoms. The molecule has 2 saturated carbocycles. The highest BCUT2D eigenvalue weighted by Gasteiger charge is 2.32. The van der Waals surface area contributed by atoms with Crippen LogP contribution >= 0.6 is 23.1 Å². The van der Waals surface area contributed by atoms with Crippen molar-refractivity contribution in [2.75, 3.05) is 49.6 Å². The lowest BCUT2D eigenvalue weighted by atomic mass is 9.98. The third-order valence-corrected chi connectivity index (χ3v) is 11.8. The molecule has 5 aliphatic rings. The molecule has 12 nitrogen and oxygen atoms in total. The largest absolute Gasteiger partial charge is 0.391 e. The minimum absolute atomic E-state index is 0.119. The maximum Gasteiger partial charge on any atom is 0.271 e. The van der Waals surface area contributed by atoms with E-state index in [2.05, 4.69) is 14.1 Å². The number of ketones is 1. The second kappa shape index (κ2) is 15.8. The van der Waals surface area contributed by atoms with Gasteiger partial charge in [-0.2, -0.15) is 0 Å². The van der Waals surface area contributed by atoms with Crippen molar-refractivity contribution in [1.29, 1.82) is 0 Å². The Kier molecular flexibility index (Phi) is 11.1. The number of fused-ring (bicyclic) bond motifs is 2. The number of ether oxygens (including phenoxy) is 1. The van der Waals surface area contributed by atoms with Gasteiger partial charge in [0.05, 0.1) is 36.2 Å². The summed E-state index contributed by atoms with van der Waals surface area (Å²) in [5.41, 5.74) is 1.61. The van der Waals surface area contributed by atoms with Gasteiger partial charge in [0.2, 0.25) is 5.43 Å². The van der Waals surface area contributed by atoms with Gasteiger partial charge < -0.3 is 29.5 Å². The number of aliphatic hydroxyl groups excluding tert-OH is 1. The number of morpholine rings is 1. The van der Waals surface area contributed by atoms with E-state index in [1.807, 2.05) is 28.2 Å². The summed E-state index contributed by atoms with van der Waals surface area (Å²) in [5.74, 6) is -1.16. The van der Waals surface area contributed by atoms with Crippen molar-refractivity contribution < 1.29 is 23.4 Å². The SMILES string of the molecule is CC.CC1=C(C(=O)c2c(NC3CC3)s[nH]c2=O)CC=C(F)C(N2CCOCC2)=C1.O=c1[nH]sc2c1c(=O)c1cc(F)c(N3CCC(O)C3)cc1n2C1CC1. The van der Waals surface area contributed by atoms with E-state index in [0.29, 0.717) is 89.7 Å². The summed E-state index contributed by atoms with van der Waals surface area (Å²) in [6.07, 6.45) is 7.50. The van der Waals surface area contributed by atoms with Crippen LogP contribution in [0.1, 0.15) is 75.7 Å². The molecule has 4 fully saturated rings. The predicted molar refractivity (Wildman–Crippen MR) is 210 cm³/mol. The number of carbonyl (C=O) groups is 1. The van der Waals surface area contributed by atoms with Crippen LogP contribution in [0.25, 0.3) is 21.1 Å². The summed E-state index contributed by atoms with van der Waals surface area (Å²) in [5, 5.41) is 13.9. The van der Waals surface area contributed by atoms with Gasteiger partial charge in [-0.25, -0.2) is 8.78 Å². The minimum Gasteiger partial charge on any atom is -0.391 e. The Morgan fingerprint density at radius 2 is 1.69 bits per heavy atom. The number of halogens is 2. The zero-order valence-electron chi connectivity index (χ0n) is 30.4. The Hall–Kier alpha value is -4.38. The van der Waals surface area contributed by atoms with Crippen LogP contribution in [0.2, 0.25) is 0 Å². The quantitative estimate of drug-likeness (QED) is 0.167. The molecule has 1 unspecified atom stereocenters. The van der Waals surface area contributed by atoms with Gasteiger partial charge >= 0.3 is 0 Å². The third-order valence-electron chi connectivity index (χ3n) is 10.1. The molecule has 1 aromatic carbocycles. The first kappa shape index (κ1) is 37.9. The molecule has 0 radical (unpaired) electrons. The smallest absolute Gasteiger partial charge is 0.271 e. The zero-order chi connectivity index (χ0) is 38.3. The molecule has 2 saturated heterocycles. The number of β-amino-alcohol motifs (C(OH)–C–C–N with tert-alkyl or cyclic N) is 1. The van der Waals surface area contributed by atoms with Crippen molar-refractivity contribution in [2.45, 2.75) is 77.5 Å². The molecular weight excluding hydrogens is 739 g/mol. The number of hydrogen-bond donors (Lipinski definition) is 4. The topological polar surface area (TPSA) is 153 Å². The van der Waals surface area contributed by atoms with Crippen LogP contribution in [0.3, 0.4) is 0 Å². The van der Waals surface area contributed by atoms with Crippen LogP contribution in [-0.4, -0.2) is 80.6 Å².